The summed E-state index contributed by atoms with van der Waals surface area (Å²) in [6.07, 6.45) is 5.92. The molecule has 0 atom stereocenters. The van der Waals surface area contributed by atoms with E-state index in [0.717, 1.165) is 31.6 Å². The van der Waals surface area contributed by atoms with Crippen LogP contribution in [-0.4, -0.2) is 65.7 Å². The summed E-state index contributed by atoms with van der Waals surface area (Å²) in [6, 6.07) is 6.16. The molecule has 0 amide bonds. The number of rotatable bonds is 7. The lowest BCUT2D eigenvalue weighted by atomic mass is 9.95. The molecule has 9 nitrogen and oxygen atoms in total. The zero-order valence-corrected chi connectivity index (χ0v) is 18.7. The van der Waals surface area contributed by atoms with Crippen LogP contribution in [0.4, 0.5) is 5.69 Å². The highest BCUT2D eigenvalue weighted by atomic mass is 32.2. The Kier molecular flexibility index (Phi) is 6.08. The molecule has 0 spiro atoms. The van der Waals surface area contributed by atoms with Crippen molar-refractivity contribution < 1.29 is 8.42 Å². The first kappa shape index (κ1) is 21.2. The molecule has 0 bridgehead atoms. The zero-order chi connectivity index (χ0) is 21.3. The van der Waals surface area contributed by atoms with Gasteiger partial charge in [-0.3, -0.25) is 4.90 Å². The number of nitrogens with one attached hydrogen (secondary N) is 2. The van der Waals surface area contributed by atoms with E-state index in [1.807, 2.05) is 6.07 Å². The Morgan fingerprint density at radius 3 is 2.53 bits per heavy atom. The number of nitrogens with zero attached hydrogens (tertiary/aromatic N) is 5. The highest BCUT2D eigenvalue weighted by Gasteiger charge is 2.32. The number of sulfonamides is 1. The van der Waals surface area contributed by atoms with Gasteiger partial charge < -0.3 is 5.32 Å². The fourth-order valence-corrected chi connectivity index (χ4v) is 4.89. The lowest BCUT2D eigenvalue weighted by Gasteiger charge is -2.40. The summed E-state index contributed by atoms with van der Waals surface area (Å²) in [5, 5.41) is 16.7. The Morgan fingerprint density at radius 1 is 1.13 bits per heavy atom. The van der Waals surface area contributed by atoms with Gasteiger partial charge in [-0.25, -0.2) is 13.1 Å². The van der Waals surface area contributed by atoms with Crippen LogP contribution in [0.25, 0.3) is 11.4 Å². The Hall–Kier alpha value is -2.04. The van der Waals surface area contributed by atoms with Crippen molar-refractivity contribution in [3.63, 3.8) is 0 Å². The largest absolute Gasteiger partial charge is 0.382 e. The summed E-state index contributed by atoms with van der Waals surface area (Å²) in [7, 11) is -2.15. The predicted molar refractivity (Wildman–Crippen MR) is 116 cm³/mol. The Morgan fingerprint density at radius 2 is 1.87 bits per heavy atom. The van der Waals surface area contributed by atoms with E-state index in [4.69, 9.17) is 0 Å². The van der Waals surface area contributed by atoms with Gasteiger partial charge in [-0.1, -0.05) is 19.3 Å². The number of likely N-dealkylation sites (tertiary alicyclic amines) is 1. The van der Waals surface area contributed by atoms with E-state index in [-0.39, 0.29) is 10.9 Å². The quantitative estimate of drug-likeness (QED) is 0.690. The van der Waals surface area contributed by atoms with E-state index in [9.17, 15) is 8.42 Å². The van der Waals surface area contributed by atoms with Gasteiger partial charge in [0.2, 0.25) is 15.8 Å². The molecule has 164 valence electrons. The normalized spacial score (nSPS) is 19.2. The van der Waals surface area contributed by atoms with Crippen LogP contribution >= 0.6 is 0 Å². The maximum absolute atomic E-state index is 12.4. The minimum Gasteiger partial charge on any atom is -0.382 e. The lowest BCUT2D eigenvalue weighted by Crippen LogP contribution is -2.51. The van der Waals surface area contributed by atoms with Gasteiger partial charge in [-0.2, -0.15) is 4.80 Å². The van der Waals surface area contributed by atoms with E-state index in [0.29, 0.717) is 23.5 Å². The van der Waals surface area contributed by atoms with Gasteiger partial charge in [0.1, 0.15) is 0 Å². The maximum atomic E-state index is 12.4. The molecule has 2 fully saturated rings. The molecule has 0 radical (unpaired) electrons. The summed E-state index contributed by atoms with van der Waals surface area (Å²) < 4.78 is 27.1. The third kappa shape index (κ3) is 4.35. The van der Waals surface area contributed by atoms with Crippen molar-refractivity contribution in [1.82, 2.24) is 29.8 Å². The second-order valence-electron chi connectivity index (χ2n) is 8.53. The van der Waals surface area contributed by atoms with Gasteiger partial charge in [-0.15, -0.1) is 10.2 Å². The molecule has 1 saturated carbocycles. The summed E-state index contributed by atoms with van der Waals surface area (Å²) in [4.78, 5) is 4.21. The van der Waals surface area contributed by atoms with Crippen LogP contribution in [0.3, 0.4) is 0 Å². The molecule has 1 aliphatic carbocycles. The second-order valence-corrected chi connectivity index (χ2v) is 10.4. The summed E-state index contributed by atoms with van der Waals surface area (Å²) in [5.41, 5.74) is 1.53. The maximum Gasteiger partial charge on any atom is 0.240 e. The fourth-order valence-electron chi connectivity index (χ4n) is 4.13. The van der Waals surface area contributed by atoms with Crippen LogP contribution in [0.5, 0.6) is 0 Å². The van der Waals surface area contributed by atoms with E-state index in [1.54, 1.807) is 16.9 Å². The lowest BCUT2D eigenvalue weighted by molar-refractivity contribution is 0.0585. The van der Waals surface area contributed by atoms with E-state index >= 15 is 0 Å². The smallest absolute Gasteiger partial charge is 0.240 e. The molecule has 0 unspecified atom stereocenters. The Bertz CT molecular complexity index is 977. The van der Waals surface area contributed by atoms with Crippen LogP contribution < -0.4 is 10.0 Å². The molecule has 1 saturated heterocycles. The summed E-state index contributed by atoms with van der Waals surface area (Å²) >= 11 is 0. The number of hydrogen-bond donors (Lipinski definition) is 2. The van der Waals surface area contributed by atoms with E-state index in [2.05, 4.69) is 44.2 Å². The SMILES string of the molecule is CNS(=O)(=O)c1ccc(NC2CCCCC2)c(-c2nnn(C3CN(C(C)C)C3)n2)c1. The minimum atomic E-state index is -3.57. The molecular formula is C20H31N7O2S. The summed E-state index contributed by atoms with van der Waals surface area (Å²) in [5.74, 6) is 0.449. The molecule has 2 heterocycles. The topological polar surface area (TPSA) is 105 Å². The van der Waals surface area contributed by atoms with Gasteiger partial charge in [0.15, 0.2) is 0 Å². The number of aromatic nitrogens is 4. The van der Waals surface area contributed by atoms with Crippen molar-refractivity contribution >= 4 is 15.7 Å². The van der Waals surface area contributed by atoms with Gasteiger partial charge in [0, 0.05) is 36.4 Å². The monoisotopic (exact) mass is 433 g/mol. The number of tetrazole rings is 1. The van der Waals surface area contributed by atoms with Gasteiger partial charge >= 0.3 is 0 Å². The van der Waals surface area contributed by atoms with Gasteiger partial charge in [-0.05, 0) is 57.1 Å². The average Bonchev–Trinajstić information content (AvgIpc) is 3.17. The van der Waals surface area contributed by atoms with Crippen molar-refractivity contribution in [3.05, 3.63) is 18.2 Å². The number of anilines is 1. The van der Waals surface area contributed by atoms with Gasteiger partial charge in [0.25, 0.3) is 0 Å². The van der Waals surface area contributed by atoms with Crippen molar-refractivity contribution in [3.8, 4) is 11.4 Å². The molecule has 4 rings (SSSR count). The molecule has 30 heavy (non-hydrogen) atoms. The number of hydrogen-bond acceptors (Lipinski definition) is 7. The van der Waals surface area contributed by atoms with Crippen LogP contribution in [0.2, 0.25) is 0 Å². The average molecular weight is 434 g/mol. The molecule has 2 aromatic rings. The third-order valence-corrected chi connectivity index (χ3v) is 7.56. The molecule has 10 heteroatoms. The molecule has 1 aliphatic heterocycles. The summed E-state index contributed by atoms with van der Waals surface area (Å²) in [6.45, 7) is 6.14. The van der Waals surface area contributed by atoms with Gasteiger partial charge in [0.05, 0.1) is 10.9 Å². The highest BCUT2D eigenvalue weighted by molar-refractivity contribution is 7.89. The Labute approximate surface area is 178 Å². The molecule has 1 aromatic carbocycles. The standard InChI is InChI=1S/C20H31N7O2S/c1-14(2)26-12-16(13-26)27-24-20(23-25-27)18-11-17(30(28,29)21-3)9-10-19(18)22-15-7-5-4-6-8-15/h9-11,14-16,21-22H,4-8,12-13H2,1-3H3. The minimum absolute atomic E-state index is 0.195. The molecule has 1 aromatic heterocycles. The first-order valence-corrected chi connectivity index (χ1v) is 12.2. The third-order valence-electron chi connectivity index (χ3n) is 6.15. The van der Waals surface area contributed by atoms with E-state index in [1.165, 1.54) is 26.3 Å². The van der Waals surface area contributed by atoms with Crippen molar-refractivity contribution in [2.45, 2.75) is 69.0 Å². The number of benzene rings is 1. The zero-order valence-electron chi connectivity index (χ0n) is 17.9. The Balaban J connectivity index is 1.63. The predicted octanol–water partition coefficient (Wildman–Crippen LogP) is 2.26. The van der Waals surface area contributed by atoms with Crippen LogP contribution in [0.1, 0.15) is 52.0 Å². The van der Waals surface area contributed by atoms with Crippen molar-refractivity contribution in [2.75, 3.05) is 25.5 Å². The van der Waals surface area contributed by atoms with E-state index < -0.39 is 10.0 Å². The van der Waals surface area contributed by atoms with Crippen LogP contribution in [-0.2, 0) is 10.0 Å². The van der Waals surface area contributed by atoms with Crippen molar-refractivity contribution in [1.29, 1.82) is 0 Å². The first-order chi connectivity index (χ1) is 14.4. The molecule has 2 N–H and O–H groups in total. The second kappa shape index (κ2) is 8.60. The first-order valence-electron chi connectivity index (χ1n) is 10.8. The highest BCUT2D eigenvalue weighted by Crippen LogP contribution is 2.31. The van der Waals surface area contributed by atoms with Crippen molar-refractivity contribution in [2.24, 2.45) is 0 Å². The molecule has 2 aliphatic rings. The van der Waals surface area contributed by atoms with Crippen LogP contribution in [0.15, 0.2) is 23.1 Å². The molecular weight excluding hydrogens is 402 g/mol. The van der Waals surface area contributed by atoms with Crippen LogP contribution in [0, 0.1) is 0 Å². The fraction of sp³-hybridized carbons (Fsp3) is 0.650.